The molecule has 0 saturated carbocycles. The average Bonchev–Trinajstić information content (AvgIpc) is 2.82. The summed E-state index contributed by atoms with van der Waals surface area (Å²) in [5.41, 5.74) is -1.42. The van der Waals surface area contributed by atoms with Crippen molar-refractivity contribution in [2.75, 3.05) is 7.05 Å². The molecule has 4 rings (SSSR count). The van der Waals surface area contributed by atoms with Crippen molar-refractivity contribution in [3.05, 3.63) is 107 Å². The Morgan fingerprint density at radius 2 is 1.26 bits per heavy atom. The van der Waals surface area contributed by atoms with Crippen molar-refractivity contribution in [2.24, 2.45) is 0 Å². The van der Waals surface area contributed by atoms with Crippen molar-refractivity contribution in [1.29, 1.82) is 0 Å². The SMILES string of the molecule is CN(Cc1cc(C(F)(F)F)cc(C(F)(F)F)c1)C(=O)c1ccccc1-c1cccc2ccccc12. The number of carbonyl (C=O) groups is 1. The molecule has 0 aliphatic carbocycles. The molecule has 0 N–H and O–H groups in total. The van der Waals surface area contributed by atoms with Gasteiger partial charge in [-0.2, -0.15) is 26.3 Å². The highest BCUT2D eigenvalue weighted by atomic mass is 19.4. The van der Waals surface area contributed by atoms with Crippen LogP contribution >= 0.6 is 0 Å². The van der Waals surface area contributed by atoms with Gasteiger partial charge in [-0.1, -0.05) is 60.7 Å². The summed E-state index contributed by atoms with van der Waals surface area (Å²) >= 11 is 0. The lowest BCUT2D eigenvalue weighted by Gasteiger charge is -2.21. The molecule has 2 nitrogen and oxygen atoms in total. The van der Waals surface area contributed by atoms with Crippen LogP contribution in [0.25, 0.3) is 21.9 Å². The van der Waals surface area contributed by atoms with Crippen molar-refractivity contribution < 1.29 is 31.1 Å². The first-order valence-corrected chi connectivity index (χ1v) is 10.6. The van der Waals surface area contributed by atoms with E-state index in [2.05, 4.69) is 0 Å². The standard InChI is InChI=1S/C27H19F6NO/c1-34(16-17-13-19(26(28,29)30)15-20(14-17)27(31,32)33)25(35)24-11-5-4-10-23(24)22-12-6-8-18-7-2-3-9-21(18)22/h2-15H,16H2,1H3. The highest BCUT2D eigenvalue weighted by Gasteiger charge is 2.37. The summed E-state index contributed by atoms with van der Waals surface area (Å²) in [7, 11) is 1.34. The quantitative estimate of drug-likeness (QED) is 0.269. The zero-order chi connectivity index (χ0) is 25.4. The Hall–Kier alpha value is -3.81. The van der Waals surface area contributed by atoms with Gasteiger partial charge in [0.25, 0.3) is 5.91 Å². The van der Waals surface area contributed by atoms with Crippen LogP contribution in [-0.4, -0.2) is 17.9 Å². The second-order valence-corrected chi connectivity index (χ2v) is 8.15. The zero-order valence-corrected chi connectivity index (χ0v) is 18.4. The molecule has 0 aromatic heterocycles. The summed E-state index contributed by atoms with van der Waals surface area (Å²) in [4.78, 5) is 14.4. The number of hydrogen-bond acceptors (Lipinski definition) is 1. The van der Waals surface area contributed by atoms with Gasteiger partial charge >= 0.3 is 12.4 Å². The van der Waals surface area contributed by atoms with Gasteiger partial charge in [-0.25, -0.2) is 0 Å². The van der Waals surface area contributed by atoms with Crippen molar-refractivity contribution in [2.45, 2.75) is 18.9 Å². The van der Waals surface area contributed by atoms with Gasteiger partial charge in [0.05, 0.1) is 11.1 Å². The number of benzene rings is 4. The van der Waals surface area contributed by atoms with E-state index in [1.165, 1.54) is 7.05 Å². The van der Waals surface area contributed by atoms with Gasteiger partial charge in [-0.05, 0) is 51.7 Å². The molecule has 4 aromatic carbocycles. The maximum Gasteiger partial charge on any atom is 0.416 e. The van der Waals surface area contributed by atoms with Gasteiger partial charge in [0.2, 0.25) is 0 Å². The summed E-state index contributed by atoms with van der Waals surface area (Å²) in [6.07, 6.45) is -9.92. The van der Waals surface area contributed by atoms with Gasteiger partial charge < -0.3 is 4.90 Å². The van der Waals surface area contributed by atoms with Crippen LogP contribution in [-0.2, 0) is 18.9 Å². The van der Waals surface area contributed by atoms with Gasteiger partial charge in [-0.3, -0.25) is 4.79 Å². The lowest BCUT2D eigenvalue weighted by atomic mass is 9.94. The van der Waals surface area contributed by atoms with Gasteiger partial charge in [-0.15, -0.1) is 0 Å². The molecule has 0 bridgehead atoms. The van der Waals surface area contributed by atoms with E-state index < -0.39 is 35.9 Å². The molecule has 180 valence electrons. The van der Waals surface area contributed by atoms with E-state index in [1.54, 1.807) is 24.3 Å². The number of rotatable bonds is 4. The fourth-order valence-electron chi connectivity index (χ4n) is 4.03. The molecule has 35 heavy (non-hydrogen) atoms. The smallest absolute Gasteiger partial charge is 0.337 e. The van der Waals surface area contributed by atoms with Crippen molar-refractivity contribution in [3.8, 4) is 11.1 Å². The Bertz CT molecular complexity index is 1350. The Morgan fingerprint density at radius 3 is 1.91 bits per heavy atom. The van der Waals surface area contributed by atoms with Crippen molar-refractivity contribution >= 4 is 16.7 Å². The fourth-order valence-corrected chi connectivity index (χ4v) is 4.03. The summed E-state index contributed by atoms with van der Waals surface area (Å²) in [5.74, 6) is -0.528. The Labute approximate surface area is 197 Å². The number of hydrogen-bond donors (Lipinski definition) is 0. The molecule has 4 aromatic rings. The zero-order valence-electron chi connectivity index (χ0n) is 18.4. The second kappa shape index (κ2) is 9.09. The Kier molecular flexibility index (Phi) is 6.32. The van der Waals surface area contributed by atoms with Crippen LogP contribution in [0.4, 0.5) is 26.3 Å². The Morgan fingerprint density at radius 1 is 0.714 bits per heavy atom. The molecule has 0 spiro atoms. The van der Waals surface area contributed by atoms with Crippen LogP contribution in [0.5, 0.6) is 0 Å². The lowest BCUT2D eigenvalue weighted by molar-refractivity contribution is -0.143. The minimum absolute atomic E-state index is 0.0706. The van der Waals surface area contributed by atoms with Crippen LogP contribution in [0.2, 0.25) is 0 Å². The molecular formula is C27H19F6NO. The van der Waals surface area contributed by atoms with E-state index in [-0.39, 0.29) is 17.2 Å². The monoisotopic (exact) mass is 487 g/mol. The van der Waals surface area contributed by atoms with E-state index in [0.717, 1.165) is 21.2 Å². The van der Waals surface area contributed by atoms with Gasteiger partial charge in [0.1, 0.15) is 0 Å². The first-order valence-electron chi connectivity index (χ1n) is 10.6. The topological polar surface area (TPSA) is 20.3 Å². The first-order chi connectivity index (χ1) is 16.4. The fraction of sp³-hybridized carbons (Fsp3) is 0.148. The largest absolute Gasteiger partial charge is 0.416 e. The molecular weight excluding hydrogens is 468 g/mol. The number of halogens is 6. The maximum atomic E-state index is 13.3. The van der Waals surface area contributed by atoms with Crippen molar-refractivity contribution in [3.63, 3.8) is 0 Å². The third-order valence-corrected chi connectivity index (χ3v) is 5.65. The van der Waals surface area contributed by atoms with E-state index >= 15 is 0 Å². The summed E-state index contributed by atoms with van der Waals surface area (Å²) in [5, 5.41) is 1.87. The first kappa shape index (κ1) is 24.3. The predicted molar refractivity (Wildman–Crippen MR) is 122 cm³/mol. The molecule has 0 radical (unpaired) electrons. The van der Waals surface area contributed by atoms with E-state index in [1.807, 2.05) is 42.5 Å². The third-order valence-electron chi connectivity index (χ3n) is 5.65. The molecule has 1 amide bonds. The van der Waals surface area contributed by atoms with Gasteiger partial charge in [0, 0.05) is 19.2 Å². The highest BCUT2D eigenvalue weighted by molar-refractivity contribution is 6.05. The van der Waals surface area contributed by atoms with Crippen LogP contribution in [0, 0.1) is 0 Å². The minimum Gasteiger partial charge on any atom is -0.337 e. The lowest BCUT2D eigenvalue weighted by Crippen LogP contribution is -2.27. The van der Waals surface area contributed by atoms with E-state index in [4.69, 9.17) is 0 Å². The van der Waals surface area contributed by atoms with E-state index in [9.17, 15) is 31.1 Å². The molecule has 8 heteroatoms. The molecule has 0 unspecified atom stereocenters. The van der Waals surface area contributed by atoms with Crippen LogP contribution in [0.1, 0.15) is 27.0 Å². The normalized spacial score (nSPS) is 12.1. The summed E-state index contributed by atoms with van der Waals surface area (Å²) < 4.78 is 79.3. The Balaban J connectivity index is 1.71. The number of alkyl halides is 6. The van der Waals surface area contributed by atoms with Crippen molar-refractivity contribution in [1.82, 2.24) is 4.90 Å². The molecule has 0 fully saturated rings. The molecule has 0 aliphatic heterocycles. The molecule has 0 heterocycles. The van der Waals surface area contributed by atoms with Gasteiger partial charge in [0.15, 0.2) is 0 Å². The summed E-state index contributed by atoms with van der Waals surface area (Å²) in [6, 6.07) is 21.3. The number of carbonyl (C=O) groups excluding carboxylic acids is 1. The number of amides is 1. The minimum atomic E-state index is -4.96. The molecule has 0 atom stereocenters. The highest BCUT2D eigenvalue weighted by Crippen LogP contribution is 2.37. The van der Waals surface area contributed by atoms with Crippen LogP contribution in [0.3, 0.4) is 0 Å². The predicted octanol–water partition coefficient (Wildman–Crippen LogP) is 7.82. The number of nitrogens with zero attached hydrogens (tertiary/aromatic N) is 1. The summed E-state index contributed by atoms with van der Waals surface area (Å²) in [6.45, 7) is -0.435. The second-order valence-electron chi connectivity index (χ2n) is 8.15. The average molecular weight is 487 g/mol. The maximum absolute atomic E-state index is 13.3. The number of fused-ring (bicyclic) bond motifs is 1. The molecule has 0 aliphatic rings. The third kappa shape index (κ3) is 5.16. The van der Waals surface area contributed by atoms with Crippen LogP contribution < -0.4 is 0 Å². The van der Waals surface area contributed by atoms with E-state index in [0.29, 0.717) is 17.7 Å². The van der Waals surface area contributed by atoms with Crippen LogP contribution in [0.15, 0.2) is 84.9 Å². The molecule has 0 saturated heterocycles.